The van der Waals surface area contributed by atoms with E-state index in [0.717, 1.165) is 5.56 Å². The molecule has 0 amide bonds. The van der Waals surface area contributed by atoms with Crippen LogP contribution in [0.1, 0.15) is 34.5 Å². The smallest absolute Gasteiger partial charge is 0.351 e. The average Bonchev–Trinajstić information content (AvgIpc) is 2.53. The Hall–Kier alpha value is -2.62. The van der Waals surface area contributed by atoms with Gasteiger partial charge in [-0.1, -0.05) is 42.0 Å². The predicted molar refractivity (Wildman–Crippen MR) is 83.0 cm³/mol. The van der Waals surface area contributed by atoms with Gasteiger partial charge in [0.05, 0.1) is 12.7 Å². The van der Waals surface area contributed by atoms with Crippen molar-refractivity contribution in [1.29, 1.82) is 0 Å². The van der Waals surface area contributed by atoms with Crippen molar-refractivity contribution in [1.82, 2.24) is 0 Å². The van der Waals surface area contributed by atoms with Crippen LogP contribution in [0.25, 0.3) is 0 Å². The van der Waals surface area contributed by atoms with Gasteiger partial charge in [0.15, 0.2) is 5.78 Å². The van der Waals surface area contributed by atoms with Crippen molar-refractivity contribution in [3.63, 3.8) is 0 Å². The molecule has 114 valence electrons. The highest BCUT2D eigenvalue weighted by Gasteiger charge is 2.25. The summed E-state index contributed by atoms with van der Waals surface area (Å²) >= 11 is 0. The molecule has 0 bridgehead atoms. The van der Waals surface area contributed by atoms with Crippen LogP contribution in [0, 0.1) is 6.92 Å². The van der Waals surface area contributed by atoms with Crippen molar-refractivity contribution >= 4 is 11.8 Å². The zero-order valence-corrected chi connectivity index (χ0v) is 12.8. The van der Waals surface area contributed by atoms with Gasteiger partial charge in [-0.25, -0.2) is 4.79 Å². The van der Waals surface area contributed by atoms with Crippen LogP contribution in [-0.4, -0.2) is 18.9 Å². The van der Waals surface area contributed by atoms with Gasteiger partial charge in [-0.3, -0.25) is 4.79 Å². The molecule has 2 rings (SSSR count). The number of rotatable bonds is 5. The number of hydrogen-bond donors (Lipinski definition) is 0. The Morgan fingerprint density at radius 2 is 1.73 bits per heavy atom. The molecule has 0 aliphatic heterocycles. The molecule has 0 aromatic heterocycles. The lowest BCUT2D eigenvalue weighted by molar-refractivity contribution is -0.149. The van der Waals surface area contributed by atoms with Gasteiger partial charge in [-0.2, -0.15) is 0 Å². The third-order valence-corrected chi connectivity index (χ3v) is 3.28. The number of aryl methyl sites for hydroxylation is 1. The molecule has 4 heteroatoms. The Kier molecular flexibility index (Phi) is 4.94. The van der Waals surface area contributed by atoms with Crippen molar-refractivity contribution in [2.45, 2.75) is 20.0 Å². The SMILES string of the molecule is COC(=O)C(Oc1ccc(C)cc1C(C)=O)c1ccccc1. The van der Waals surface area contributed by atoms with Crippen molar-refractivity contribution in [3.8, 4) is 5.75 Å². The standard InChI is InChI=1S/C18H18O4/c1-12-9-10-16(15(11-12)13(2)19)22-17(18(20)21-3)14-7-5-4-6-8-14/h4-11,17H,1-3H3. The van der Waals surface area contributed by atoms with E-state index in [1.54, 1.807) is 24.3 Å². The summed E-state index contributed by atoms with van der Waals surface area (Å²) in [6, 6.07) is 14.3. The summed E-state index contributed by atoms with van der Waals surface area (Å²) in [4.78, 5) is 23.8. The molecule has 0 radical (unpaired) electrons. The Balaban J connectivity index is 2.40. The minimum absolute atomic E-state index is 0.115. The molecule has 22 heavy (non-hydrogen) atoms. The highest BCUT2D eigenvalue weighted by Crippen LogP contribution is 2.27. The predicted octanol–water partition coefficient (Wildman–Crippen LogP) is 3.49. The van der Waals surface area contributed by atoms with Gasteiger partial charge < -0.3 is 9.47 Å². The minimum Gasteiger partial charge on any atom is -0.473 e. The molecule has 1 atom stereocenters. The summed E-state index contributed by atoms with van der Waals surface area (Å²) in [7, 11) is 1.31. The fourth-order valence-electron chi connectivity index (χ4n) is 2.14. The highest BCUT2D eigenvalue weighted by molar-refractivity contribution is 5.97. The Morgan fingerprint density at radius 1 is 1.05 bits per heavy atom. The van der Waals surface area contributed by atoms with E-state index < -0.39 is 12.1 Å². The minimum atomic E-state index is -0.910. The van der Waals surface area contributed by atoms with Crippen molar-refractivity contribution in [3.05, 3.63) is 65.2 Å². The number of benzene rings is 2. The molecule has 0 heterocycles. The topological polar surface area (TPSA) is 52.6 Å². The highest BCUT2D eigenvalue weighted by atomic mass is 16.6. The van der Waals surface area contributed by atoms with Gasteiger partial charge in [0, 0.05) is 5.56 Å². The maximum absolute atomic E-state index is 12.0. The fourth-order valence-corrected chi connectivity index (χ4v) is 2.14. The van der Waals surface area contributed by atoms with Crippen LogP contribution in [0.2, 0.25) is 0 Å². The molecule has 2 aromatic carbocycles. The van der Waals surface area contributed by atoms with Crippen LogP contribution < -0.4 is 4.74 Å². The molecule has 0 saturated heterocycles. The lowest BCUT2D eigenvalue weighted by Gasteiger charge is -2.19. The van der Waals surface area contributed by atoms with E-state index in [2.05, 4.69) is 0 Å². The van der Waals surface area contributed by atoms with Crippen molar-refractivity contribution in [2.75, 3.05) is 7.11 Å². The maximum Gasteiger partial charge on any atom is 0.351 e. The number of esters is 1. The van der Waals surface area contributed by atoms with E-state index >= 15 is 0 Å². The molecule has 0 saturated carbocycles. The second kappa shape index (κ2) is 6.89. The number of methoxy groups -OCH3 is 1. The van der Waals surface area contributed by atoms with E-state index in [4.69, 9.17) is 9.47 Å². The summed E-state index contributed by atoms with van der Waals surface area (Å²) < 4.78 is 10.6. The Morgan fingerprint density at radius 3 is 2.32 bits per heavy atom. The van der Waals surface area contributed by atoms with Gasteiger partial charge in [0.1, 0.15) is 5.75 Å². The third-order valence-electron chi connectivity index (χ3n) is 3.28. The number of hydrogen-bond acceptors (Lipinski definition) is 4. The summed E-state index contributed by atoms with van der Waals surface area (Å²) in [6.45, 7) is 3.36. The van der Waals surface area contributed by atoms with Gasteiger partial charge in [0.2, 0.25) is 6.10 Å². The molecule has 2 aromatic rings. The quantitative estimate of drug-likeness (QED) is 0.626. The van der Waals surface area contributed by atoms with E-state index in [9.17, 15) is 9.59 Å². The first-order valence-electron chi connectivity index (χ1n) is 6.94. The molecule has 1 unspecified atom stereocenters. The summed E-state index contributed by atoms with van der Waals surface area (Å²) in [5.41, 5.74) is 2.07. The monoisotopic (exact) mass is 298 g/mol. The Labute approximate surface area is 129 Å². The van der Waals surface area contributed by atoms with Crippen LogP contribution in [0.3, 0.4) is 0 Å². The molecule has 0 fully saturated rings. The third kappa shape index (κ3) is 3.52. The van der Waals surface area contributed by atoms with E-state index in [1.807, 2.05) is 31.2 Å². The first-order chi connectivity index (χ1) is 10.5. The van der Waals surface area contributed by atoms with E-state index in [1.165, 1.54) is 14.0 Å². The second-order valence-electron chi connectivity index (χ2n) is 4.99. The van der Waals surface area contributed by atoms with Crippen LogP contribution >= 0.6 is 0 Å². The molecule has 4 nitrogen and oxygen atoms in total. The number of ether oxygens (including phenoxy) is 2. The van der Waals surface area contributed by atoms with Crippen LogP contribution in [0.15, 0.2) is 48.5 Å². The molecular formula is C18H18O4. The van der Waals surface area contributed by atoms with Crippen molar-refractivity contribution < 1.29 is 19.1 Å². The summed E-state index contributed by atoms with van der Waals surface area (Å²) in [5.74, 6) is -0.256. The van der Waals surface area contributed by atoms with Crippen LogP contribution in [0.4, 0.5) is 0 Å². The first-order valence-corrected chi connectivity index (χ1v) is 6.94. The number of carbonyl (C=O) groups excluding carboxylic acids is 2. The van der Waals surface area contributed by atoms with Crippen LogP contribution in [-0.2, 0) is 9.53 Å². The average molecular weight is 298 g/mol. The van der Waals surface area contributed by atoms with Gasteiger partial charge in [0.25, 0.3) is 0 Å². The largest absolute Gasteiger partial charge is 0.473 e. The van der Waals surface area contributed by atoms with E-state index in [-0.39, 0.29) is 5.78 Å². The molecule has 0 aliphatic rings. The lowest BCUT2D eigenvalue weighted by Crippen LogP contribution is -2.21. The fraction of sp³-hybridized carbons (Fsp3) is 0.222. The Bertz CT molecular complexity index is 677. The molecule has 0 N–H and O–H groups in total. The normalized spacial score (nSPS) is 11.6. The lowest BCUT2D eigenvalue weighted by atomic mass is 10.1. The number of Topliss-reactive ketones (excluding diaryl/α,β-unsaturated/α-hetero) is 1. The van der Waals surface area contributed by atoms with Gasteiger partial charge in [-0.15, -0.1) is 0 Å². The molecular weight excluding hydrogens is 280 g/mol. The van der Waals surface area contributed by atoms with Crippen molar-refractivity contribution in [2.24, 2.45) is 0 Å². The van der Waals surface area contributed by atoms with Gasteiger partial charge >= 0.3 is 5.97 Å². The summed E-state index contributed by atoms with van der Waals surface area (Å²) in [5, 5.41) is 0. The maximum atomic E-state index is 12.0. The zero-order valence-electron chi connectivity index (χ0n) is 12.8. The van der Waals surface area contributed by atoms with E-state index in [0.29, 0.717) is 16.9 Å². The first kappa shape index (κ1) is 15.8. The number of carbonyl (C=O) groups is 2. The zero-order chi connectivity index (χ0) is 16.1. The molecule has 0 spiro atoms. The second-order valence-corrected chi connectivity index (χ2v) is 4.99. The summed E-state index contributed by atoms with van der Waals surface area (Å²) in [6.07, 6.45) is -0.910. The van der Waals surface area contributed by atoms with Gasteiger partial charge in [-0.05, 0) is 26.0 Å². The van der Waals surface area contributed by atoms with Crippen LogP contribution in [0.5, 0.6) is 5.75 Å². The molecule has 0 aliphatic carbocycles. The number of ketones is 1.